The number of aromatic nitrogens is 1. The van der Waals surface area contributed by atoms with E-state index in [0.717, 1.165) is 34.7 Å². The highest BCUT2D eigenvalue weighted by molar-refractivity contribution is 7.15. The Kier molecular flexibility index (Phi) is 5.09. The van der Waals surface area contributed by atoms with Crippen LogP contribution in [0.1, 0.15) is 29.0 Å². The zero-order valence-electron chi connectivity index (χ0n) is 15.2. The highest BCUT2D eigenvalue weighted by atomic mass is 32.1. The summed E-state index contributed by atoms with van der Waals surface area (Å²) in [6, 6.07) is 7.62. The monoisotopic (exact) mass is 386 g/mol. The lowest BCUT2D eigenvalue weighted by atomic mass is 10.2. The largest absolute Gasteiger partial charge is 0.368 e. The van der Waals surface area contributed by atoms with Crippen molar-refractivity contribution in [2.24, 2.45) is 0 Å². The molecule has 0 aliphatic carbocycles. The van der Waals surface area contributed by atoms with E-state index in [9.17, 15) is 9.59 Å². The maximum Gasteiger partial charge on any atom is 0.322 e. The number of rotatable bonds is 3. The molecule has 1 aromatic heterocycles. The Morgan fingerprint density at radius 3 is 3.00 bits per heavy atom. The molecule has 3 heterocycles. The van der Waals surface area contributed by atoms with Crippen LogP contribution in [0.25, 0.3) is 0 Å². The van der Waals surface area contributed by atoms with Crippen molar-refractivity contribution in [3.8, 4) is 0 Å². The highest BCUT2D eigenvalue weighted by Gasteiger charge is 2.27. The first-order valence-corrected chi connectivity index (χ1v) is 9.94. The van der Waals surface area contributed by atoms with Crippen molar-refractivity contribution in [2.45, 2.75) is 38.8 Å². The standard InChI is InChI=1S/C19H22N4O3S/c1-12-4-2-5-13(10-12)20-19(25)23-8-7-14-16(11-23)27-18(21-14)22-17(24)15-6-3-9-26-15/h2,4-5,10,15H,3,6-9,11H2,1H3,(H,20,25)(H,21,22,24). The number of carbonyl (C=O) groups is 2. The second-order valence-corrected chi connectivity index (χ2v) is 7.93. The number of thiazole rings is 1. The van der Waals surface area contributed by atoms with Gasteiger partial charge in [-0.15, -0.1) is 0 Å². The SMILES string of the molecule is Cc1cccc(NC(=O)N2CCc3nc(NC(=O)C4CCCO4)sc3C2)c1. The summed E-state index contributed by atoms with van der Waals surface area (Å²) in [5.41, 5.74) is 2.85. The van der Waals surface area contributed by atoms with Gasteiger partial charge in [-0.1, -0.05) is 23.5 Å². The smallest absolute Gasteiger partial charge is 0.322 e. The maximum absolute atomic E-state index is 12.6. The molecule has 7 nitrogen and oxygen atoms in total. The van der Waals surface area contributed by atoms with Gasteiger partial charge in [-0.25, -0.2) is 9.78 Å². The van der Waals surface area contributed by atoms with Gasteiger partial charge >= 0.3 is 6.03 Å². The lowest BCUT2D eigenvalue weighted by Crippen LogP contribution is -2.38. The van der Waals surface area contributed by atoms with Crippen molar-refractivity contribution in [1.29, 1.82) is 0 Å². The predicted molar refractivity (Wildman–Crippen MR) is 104 cm³/mol. The number of ether oxygens (including phenoxy) is 1. The van der Waals surface area contributed by atoms with Crippen LogP contribution in [0.4, 0.5) is 15.6 Å². The third-order valence-electron chi connectivity index (χ3n) is 4.74. The first-order chi connectivity index (χ1) is 13.1. The quantitative estimate of drug-likeness (QED) is 0.849. The van der Waals surface area contributed by atoms with E-state index in [2.05, 4.69) is 15.6 Å². The molecule has 142 valence electrons. The molecule has 0 bridgehead atoms. The van der Waals surface area contributed by atoms with Gasteiger partial charge in [-0.3, -0.25) is 10.1 Å². The van der Waals surface area contributed by atoms with E-state index in [1.165, 1.54) is 11.3 Å². The summed E-state index contributed by atoms with van der Waals surface area (Å²) in [5, 5.41) is 6.38. The molecule has 8 heteroatoms. The molecule has 4 rings (SSSR count). The van der Waals surface area contributed by atoms with Gasteiger partial charge in [0.25, 0.3) is 5.91 Å². The second-order valence-electron chi connectivity index (χ2n) is 6.85. The van der Waals surface area contributed by atoms with Gasteiger partial charge in [0.05, 0.1) is 12.2 Å². The van der Waals surface area contributed by atoms with Gasteiger partial charge in [0, 0.05) is 30.1 Å². The summed E-state index contributed by atoms with van der Waals surface area (Å²) >= 11 is 1.43. The topological polar surface area (TPSA) is 83.6 Å². The predicted octanol–water partition coefficient (Wildman–Crippen LogP) is 3.16. The summed E-state index contributed by atoms with van der Waals surface area (Å²) in [5.74, 6) is -0.132. The van der Waals surface area contributed by atoms with Crippen molar-refractivity contribution < 1.29 is 14.3 Å². The third kappa shape index (κ3) is 4.12. The first kappa shape index (κ1) is 17.9. The fourth-order valence-corrected chi connectivity index (χ4v) is 4.34. The Morgan fingerprint density at radius 2 is 2.22 bits per heavy atom. The molecule has 2 aliphatic rings. The zero-order chi connectivity index (χ0) is 18.8. The summed E-state index contributed by atoms with van der Waals surface area (Å²) in [6.07, 6.45) is 1.98. The zero-order valence-corrected chi connectivity index (χ0v) is 16.0. The first-order valence-electron chi connectivity index (χ1n) is 9.12. The molecule has 3 amide bonds. The van der Waals surface area contributed by atoms with Crippen LogP contribution in [0.2, 0.25) is 0 Å². The van der Waals surface area contributed by atoms with E-state index in [4.69, 9.17) is 4.74 Å². The minimum Gasteiger partial charge on any atom is -0.368 e. The molecule has 0 radical (unpaired) electrons. The Balaban J connectivity index is 1.38. The van der Waals surface area contributed by atoms with Crippen molar-refractivity contribution in [3.05, 3.63) is 40.4 Å². The molecule has 0 saturated carbocycles. The molecule has 2 aromatic rings. The van der Waals surface area contributed by atoms with Crippen LogP contribution < -0.4 is 10.6 Å². The van der Waals surface area contributed by atoms with Gasteiger partial charge in [0.2, 0.25) is 0 Å². The van der Waals surface area contributed by atoms with Crippen LogP contribution in [0, 0.1) is 6.92 Å². The van der Waals surface area contributed by atoms with E-state index >= 15 is 0 Å². The number of nitrogens with one attached hydrogen (secondary N) is 2. The van der Waals surface area contributed by atoms with Crippen LogP contribution in [0.5, 0.6) is 0 Å². The summed E-state index contributed by atoms with van der Waals surface area (Å²) in [7, 11) is 0. The summed E-state index contributed by atoms with van der Waals surface area (Å²) in [4.78, 5) is 32.1. The summed E-state index contributed by atoms with van der Waals surface area (Å²) in [6.45, 7) is 3.73. The average molecular weight is 386 g/mol. The molecule has 1 saturated heterocycles. The van der Waals surface area contributed by atoms with Crippen LogP contribution >= 0.6 is 11.3 Å². The number of hydrogen-bond acceptors (Lipinski definition) is 5. The number of fused-ring (bicyclic) bond motifs is 1. The average Bonchev–Trinajstić information content (AvgIpc) is 3.30. The molecule has 0 spiro atoms. The fraction of sp³-hybridized carbons (Fsp3) is 0.421. The normalized spacial score (nSPS) is 18.9. The van der Waals surface area contributed by atoms with Gasteiger partial charge in [0.15, 0.2) is 5.13 Å². The van der Waals surface area contributed by atoms with Gasteiger partial charge in [-0.2, -0.15) is 0 Å². The Hall–Kier alpha value is -2.45. The Bertz CT molecular complexity index is 860. The number of aryl methyl sites for hydroxylation is 1. The molecule has 1 unspecified atom stereocenters. The maximum atomic E-state index is 12.6. The minimum atomic E-state index is -0.373. The van der Waals surface area contributed by atoms with Crippen molar-refractivity contribution in [1.82, 2.24) is 9.88 Å². The summed E-state index contributed by atoms with van der Waals surface area (Å²) < 4.78 is 5.41. The third-order valence-corrected chi connectivity index (χ3v) is 5.74. The molecular formula is C19H22N4O3S. The van der Waals surface area contributed by atoms with Gasteiger partial charge in [-0.05, 0) is 37.5 Å². The van der Waals surface area contributed by atoms with Crippen molar-refractivity contribution in [2.75, 3.05) is 23.8 Å². The van der Waals surface area contributed by atoms with Crippen molar-refractivity contribution in [3.63, 3.8) is 0 Å². The lowest BCUT2D eigenvalue weighted by Gasteiger charge is -2.26. The number of carbonyl (C=O) groups excluding carboxylic acids is 2. The fourth-order valence-electron chi connectivity index (χ4n) is 3.32. The van der Waals surface area contributed by atoms with E-state index in [-0.39, 0.29) is 18.0 Å². The van der Waals surface area contributed by atoms with E-state index in [0.29, 0.717) is 31.2 Å². The molecule has 1 aromatic carbocycles. The number of amides is 3. The number of urea groups is 1. The molecule has 27 heavy (non-hydrogen) atoms. The molecule has 1 atom stereocenters. The van der Waals surface area contributed by atoms with Gasteiger partial charge < -0.3 is 15.0 Å². The van der Waals surface area contributed by atoms with Gasteiger partial charge in [0.1, 0.15) is 6.10 Å². The Labute approximate surface area is 161 Å². The van der Waals surface area contributed by atoms with Crippen LogP contribution in [-0.2, 0) is 22.5 Å². The number of anilines is 2. The molecule has 1 fully saturated rings. The van der Waals surface area contributed by atoms with E-state index in [1.54, 1.807) is 4.90 Å². The van der Waals surface area contributed by atoms with E-state index < -0.39 is 0 Å². The number of benzene rings is 1. The van der Waals surface area contributed by atoms with Crippen LogP contribution in [-0.4, -0.2) is 41.1 Å². The van der Waals surface area contributed by atoms with Crippen LogP contribution in [0.15, 0.2) is 24.3 Å². The number of nitrogens with zero attached hydrogens (tertiary/aromatic N) is 2. The van der Waals surface area contributed by atoms with Crippen LogP contribution in [0.3, 0.4) is 0 Å². The highest BCUT2D eigenvalue weighted by Crippen LogP contribution is 2.29. The molecule has 2 N–H and O–H groups in total. The van der Waals surface area contributed by atoms with E-state index in [1.807, 2.05) is 31.2 Å². The Morgan fingerprint density at radius 1 is 1.33 bits per heavy atom. The minimum absolute atomic E-state index is 0.121. The number of hydrogen-bond donors (Lipinski definition) is 2. The molecular weight excluding hydrogens is 364 g/mol. The van der Waals surface area contributed by atoms with Crippen molar-refractivity contribution >= 4 is 34.1 Å². The molecule has 2 aliphatic heterocycles. The lowest BCUT2D eigenvalue weighted by molar-refractivity contribution is -0.124. The second kappa shape index (κ2) is 7.66.